The number of carbonyl (C=O) groups is 1. The Morgan fingerprint density at radius 2 is 1.85 bits per heavy atom. The third-order valence-corrected chi connectivity index (χ3v) is 5.10. The minimum Gasteiger partial charge on any atom is -0.482 e. The molecule has 0 amide bonds. The SMILES string of the molecule is CC1(c2c(C(=O)O)ccc(OCc3ccccc3)c2[N+](=O)[O-])CCCC1. The van der Waals surface area contributed by atoms with E-state index in [9.17, 15) is 20.0 Å². The number of benzene rings is 2. The number of carboxylic acids is 1. The van der Waals surface area contributed by atoms with E-state index in [-0.39, 0.29) is 29.2 Å². The topological polar surface area (TPSA) is 89.7 Å². The summed E-state index contributed by atoms with van der Waals surface area (Å²) >= 11 is 0. The zero-order valence-electron chi connectivity index (χ0n) is 14.6. The Morgan fingerprint density at radius 3 is 2.42 bits per heavy atom. The first-order chi connectivity index (χ1) is 12.4. The minimum absolute atomic E-state index is 0.00633. The fraction of sp³-hybridized carbons (Fsp3) is 0.350. The molecule has 1 fully saturated rings. The quantitative estimate of drug-likeness (QED) is 0.599. The summed E-state index contributed by atoms with van der Waals surface area (Å²) in [7, 11) is 0. The lowest BCUT2D eigenvalue weighted by molar-refractivity contribution is -0.387. The van der Waals surface area contributed by atoms with Gasteiger partial charge in [-0.25, -0.2) is 4.79 Å². The van der Waals surface area contributed by atoms with Gasteiger partial charge in [0.2, 0.25) is 0 Å². The molecule has 0 aliphatic heterocycles. The Bertz CT molecular complexity index is 826. The predicted molar refractivity (Wildman–Crippen MR) is 96.6 cm³/mol. The van der Waals surface area contributed by atoms with Crippen molar-refractivity contribution in [2.45, 2.75) is 44.6 Å². The number of aromatic carboxylic acids is 1. The number of carboxylic acid groups (broad SMARTS) is 1. The summed E-state index contributed by atoms with van der Waals surface area (Å²) in [6.07, 6.45) is 3.33. The third kappa shape index (κ3) is 3.40. The molecular weight excluding hydrogens is 334 g/mol. The summed E-state index contributed by atoms with van der Waals surface area (Å²) in [6, 6.07) is 12.2. The van der Waals surface area contributed by atoms with E-state index in [4.69, 9.17) is 4.74 Å². The zero-order valence-corrected chi connectivity index (χ0v) is 14.6. The van der Waals surface area contributed by atoms with Gasteiger partial charge in [0.05, 0.1) is 16.1 Å². The minimum atomic E-state index is -1.15. The van der Waals surface area contributed by atoms with Crippen LogP contribution in [0.1, 0.15) is 54.1 Å². The average molecular weight is 355 g/mol. The van der Waals surface area contributed by atoms with E-state index in [1.165, 1.54) is 12.1 Å². The summed E-state index contributed by atoms with van der Waals surface area (Å²) < 4.78 is 5.73. The lowest BCUT2D eigenvalue weighted by Gasteiger charge is -2.26. The highest BCUT2D eigenvalue weighted by molar-refractivity contribution is 5.92. The maximum Gasteiger partial charge on any atom is 0.336 e. The van der Waals surface area contributed by atoms with Crippen LogP contribution < -0.4 is 4.74 Å². The van der Waals surface area contributed by atoms with Crippen molar-refractivity contribution in [3.63, 3.8) is 0 Å². The highest BCUT2D eigenvalue weighted by atomic mass is 16.6. The van der Waals surface area contributed by atoms with E-state index >= 15 is 0 Å². The molecule has 6 heteroatoms. The normalized spacial score (nSPS) is 15.6. The lowest BCUT2D eigenvalue weighted by atomic mass is 9.77. The van der Waals surface area contributed by atoms with Crippen LogP contribution >= 0.6 is 0 Å². The van der Waals surface area contributed by atoms with Crippen molar-refractivity contribution in [3.05, 3.63) is 69.3 Å². The number of rotatable bonds is 6. The van der Waals surface area contributed by atoms with Gasteiger partial charge in [0.25, 0.3) is 0 Å². The monoisotopic (exact) mass is 355 g/mol. The van der Waals surface area contributed by atoms with E-state index in [1.54, 1.807) is 0 Å². The summed E-state index contributed by atoms with van der Waals surface area (Å²) in [5.41, 5.74) is 0.427. The Balaban J connectivity index is 2.08. The number of ether oxygens (including phenoxy) is 1. The Kier molecular flexibility index (Phi) is 4.93. The third-order valence-electron chi connectivity index (χ3n) is 5.10. The summed E-state index contributed by atoms with van der Waals surface area (Å²) in [6.45, 7) is 2.10. The molecule has 0 atom stereocenters. The number of hydrogen-bond acceptors (Lipinski definition) is 4. The second-order valence-corrected chi connectivity index (χ2v) is 6.94. The number of hydrogen-bond donors (Lipinski definition) is 1. The molecule has 0 spiro atoms. The largest absolute Gasteiger partial charge is 0.482 e. The van der Waals surface area contributed by atoms with Crippen LogP contribution in [0.15, 0.2) is 42.5 Å². The van der Waals surface area contributed by atoms with Crippen molar-refractivity contribution < 1.29 is 19.6 Å². The van der Waals surface area contributed by atoms with Gasteiger partial charge in [-0.15, -0.1) is 0 Å². The zero-order chi connectivity index (χ0) is 18.7. The Labute approximate surface area is 151 Å². The number of nitrogens with zero attached hydrogens (tertiary/aromatic N) is 1. The molecule has 0 unspecified atom stereocenters. The first-order valence-electron chi connectivity index (χ1n) is 8.64. The summed E-state index contributed by atoms with van der Waals surface area (Å²) in [5.74, 6) is -1.03. The highest BCUT2D eigenvalue weighted by Gasteiger charge is 2.41. The molecule has 0 aromatic heterocycles. The van der Waals surface area contributed by atoms with E-state index in [0.29, 0.717) is 0 Å². The second-order valence-electron chi connectivity index (χ2n) is 6.94. The van der Waals surface area contributed by atoms with Crippen molar-refractivity contribution in [2.75, 3.05) is 0 Å². The van der Waals surface area contributed by atoms with Crippen molar-refractivity contribution in [1.82, 2.24) is 0 Å². The van der Waals surface area contributed by atoms with E-state index < -0.39 is 16.3 Å². The molecule has 6 nitrogen and oxygen atoms in total. The second kappa shape index (κ2) is 7.15. The van der Waals surface area contributed by atoms with Gasteiger partial charge >= 0.3 is 11.7 Å². The molecule has 26 heavy (non-hydrogen) atoms. The Morgan fingerprint density at radius 1 is 1.19 bits per heavy atom. The van der Waals surface area contributed by atoms with Gasteiger partial charge < -0.3 is 9.84 Å². The molecule has 1 aliphatic carbocycles. The van der Waals surface area contributed by atoms with E-state index in [1.807, 2.05) is 37.3 Å². The van der Waals surface area contributed by atoms with E-state index in [2.05, 4.69) is 0 Å². The first kappa shape index (κ1) is 17.9. The number of nitro benzene ring substituents is 1. The molecule has 2 aromatic carbocycles. The maximum atomic E-state index is 11.9. The van der Waals surface area contributed by atoms with Gasteiger partial charge in [0.1, 0.15) is 6.61 Å². The maximum absolute atomic E-state index is 11.9. The van der Waals surface area contributed by atoms with Crippen LogP contribution in [0.4, 0.5) is 5.69 Å². The van der Waals surface area contributed by atoms with Crippen LogP contribution in [-0.2, 0) is 12.0 Å². The molecule has 0 radical (unpaired) electrons. The van der Waals surface area contributed by atoms with E-state index in [0.717, 1.165) is 31.2 Å². The molecule has 1 aliphatic rings. The molecule has 2 aromatic rings. The fourth-order valence-corrected chi connectivity index (χ4v) is 3.80. The van der Waals surface area contributed by atoms with Crippen molar-refractivity contribution in [1.29, 1.82) is 0 Å². The molecule has 1 saturated carbocycles. The van der Waals surface area contributed by atoms with Crippen LogP contribution in [0.25, 0.3) is 0 Å². The molecule has 1 N–H and O–H groups in total. The van der Waals surface area contributed by atoms with Crippen LogP contribution in [0.3, 0.4) is 0 Å². The summed E-state index contributed by atoms with van der Waals surface area (Å²) in [4.78, 5) is 23.1. The van der Waals surface area contributed by atoms with Gasteiger partial charge in [0, 0.05) is 5.41 Å². The van der Waals surface area contributed by atoms with Gasteiger partial charge in [-0.3, -0.25) is 10.1 Å². The standard InChI is InChI=1S/C20H21NO5/c1-20(11-5-6-12-20)17-15(19(22)23)9-10-16(18(17)21(24)25)26-13-14-7-3-2-4-8-14/h2-4,7-10H,5-6,11-13H2,1H3,(H,22,23). The molecule has 0 heterocycles. The molecule has 136 valence electrons. The molecule has 3 rings (SSSR count). The van der Waals surface area contributed by atoms with Gasteiger partial charge in [-0.1, -0.05) is 50.1 Å². The smallest absolute Gasteiger partial charge is 0.336 e. The van der Waals surface area contributed by atoms with Gasteiger partial charge in [0.15, 0.2) is 5.75 Å². The Hall–Kier alpha value is -2.89. The van der Waals surface area contributed by atoms with Crippen molar-refractivity contribution in [3.8, 4) is 5.75 Å². The van der Waals surface area contributed by atoms with Crippen molar-refractivity contribution >= 4 is 11.7 Å². The van der Waals surface area contributed by atoms with Crippen LogP contribution in [0.2, 0.25) is 0 Å². The van der Waals surface area contributed by atoms with Crippen LogP contribution in [0, 0.1) is 10.1 Å². The highest BCUT2D eigenvalue weighted by Crippen LogP contribution is 2.48. The molecule has 0 bridgehead atoms. The first-order valence-corrected chi connectivity index (χ1v) is 8.64. The number of nitro groups is 1. The van der Waals surface area contributed by atoms with Gasteiger partial charge in [-0.2, -0.15) is 0 Å². The lowest BCUT2D eigenvalue weighted by Crippen LogP contribution is -2.23. The predicted octanol–water partition coefficient (Wildman–Crippen LogP) is 4.70. The van der Waals surface area contributed by atoms with Gasteiger partial charge in [-0.05, 0) is 30.5 Å². The average Bonchev–Trinajstić information content (AvgIpc) is 3.07. The summed E-state index contributed by atoms with van der Waals surface area (Å²) in [5, 5.41) is 21.4. The van der Waals surface area contributed by atoms with Crippen LogP contribution in [0.5, 0.6) is 5.75 Å². The van der Waals surface area contributed by atoms with Crippen molar-refractivity contribution in [2.24, 2.45) is 0 Å². The molecule has 0 saturated heterocycles. The van der Waals surface area contributed by atoms with Crippen LogP contribution in [-0.4, -0.2) is 16.0 Å². The fourth-order valence-electron chi connectivity index (χ4n) is 3.80. The molecular formula is C20H21NO5.